The number of nitrogens with one attached hydrogen (secondary N) is 2. The van der Waals surface area contributed by atoms with Gasteiger partial charge in [0.05, 0.1) is 30.9 Å². The first-order chi connectivity index (χ1) is 13.6. The van der Waals surface area contributed by atoms with Crippen LogP contribution >= 0.6 is 11.3 Å². The second-order valence-corrected chi connectivity index (χ2v) is 7.11. The summed E-state index contributed by atoms with van der Waals surface area (Å²) < 4.78 is 4.96. The Morgan fingerprint density at radius 1 is 1.21 bits per heavy atom. The smallest absolute Gasteiger partial charge is 0.311 e. The second-order valence-electron chi connectivity index (χ2n) is 6.07. The highest BCUT2D eigenvalue weighted by Crippen LogP contribution is 2.30. The predicted octanol–water partition coefficient (Wildman–Crippen LogP) is 2.66. The number of rotatable bonds is 7. The van der Waals surface area contributed by atoms with Crippen LogP contribution in [0.15, 0.2) is 53.6 Å². The number of amides is 2. The SMILES string of the molecule is CCOC(=O)CC1=CC(=O)N(CC(=O)NCc2cccs2)c2ccccc2N1. The van der Waals surface area contributed by atoms with Crippen molar-refractivity contribution in [3.63, 3.8) is 0 Å². The summed E-state index contributed by atoms with van der Waals surface area (Å²) >= 11 is 1.55. The Morgan fingerprint density at radius 2 is 2.04 bits per heavy atom. The van der Waals surface area contributed by atoms with Crippen LogP contribution in [0.5, 0.6) is 0 Å². The van der Waals surface area contributed by atoms with Crippen molar-refractivity contribution >= 4 is 40.5 Å². The molecule has 8 heteroatoms. The van der Waals surface area contributed by atoms with Crippen LogP contribution in [0.25, 0.3) is 0 Å². The maximum atomic E-state index is 12.8. The molecule has 0 atom stereocenters. The number of para-hydroxylation sites is 2. The Hall–Kier alpha value is -3.13. The summed E-state index contributed by atoms with van der Waals surface area (Å²) in [6, 6.07) is 11.0. The summed E-state index contributed by atoms with van der Waals surface area (Å²) in [5.41, 5.74) is 1.65. The number of hydrogen-bond donors (Lipinski definition) is 2. The van der Waals surface area contributed by atoms with E-state index in [0.29, 0.717) is 23.6 Å². The monoisotopic (exact) mass is 399 g/mol. The van der Waals surface area contributed by atoms with E-state index in [1.807, 2.05) is 23.6 Å². The Morgan fingerprint density at radius 3 is 2.79 bits per heavy atom. The summed E-state index contributed by atoms with van der Waals surface area (Å²) in [7, 11) is 0. The Balaban J connectivity index is 1.75. The molecule has 0 spiro atoms. The molecule has 2 aromatic rings. The van der Waals surface area contributed by atoms with Gasteiger partial charge in [-0.3, -0.25) is 19.3 Å². The number of benzene rings is 1. The Labute approximate surface area is 167 Å². The summed E-state index contributed by atoms with van der Waals surface area (Å²) in [4.78, 5) is 39.4. The maximum Gasteiger partial charge on any atom is 0.311 e. The van der Waals surface area contributed by atoms with Crippen LogP contribution in [0.3, 0.4) is 0 Å². The molecular weight excluding hydrogens is 378 g/mol. The normalized spacial score (nSPS) is 13.1. The van der Waals surface area contributed by atoms with Crippen molar-refractivity contribution in [2.75, 3.05) is 23.4 Å². The molecule has 28 heavy (non-hydrogen) atoms. The van der Waals surface area contributed by atoms with Crippen LogP contribution in [0.2, 0.25) is 0 Å². The first kappa shape index (κ1) is 19.6. The Bertz CT molecular complexity index is 893. The number of ether oxygens (including phenoxy) is 1. The summed E-state index contributed by atoms with van der Waals surface area (Å²) in [6.07, 6.45) is 1.29. The van der Waals surface area contributed by atoms with Crippen molar-refractivity contribution in [3.8, 4) is 0 Å². The molecule has 1 aromatic carbocycles. The van der Waals surface area contributed by atoms with Gasteiger partial charge in [0, 0.05) is 16.7 Å². The number of nitrogens with zero attached hydrogens (tertiary/aromatic N) is 1. The van der Waals surface area contributed by atoms with Gasteiger partial charge in [-0.15, -0.1) is 11.3 Å². The molecule has 1 aromatic heterocycles. The van der Waals surface area contributed by atoms with Crippen molar-refractivity contribution in [3.05, 3.63) is 58.4 Å². The van der Waals surface area contributed by atoms with E-state index in [1.54, 1.807) is 36.5 Å². The van der Waals surface area contributed by atoms with Crippen molar-refractivity contribution in [1.82, 2.24) is 5.32 Å². The molecule has 7 nitrogen and oxygen atoms in total. The van der Waals surface area contributed by atoms with E-state index in [4.69, 9.17) is 4.74 Å². The van der Waals surface area contributed by atoms with E-state index in [-0.39, 0.29) is 31.4 Å². The molecule has 2 amide bonds. The molecule has 146 valence electrons. The van der Waals surface area contributed by atoms with Gasteiger partial charge in [0.25, 0.3) is 5.91 Å². The molecule has 0 saturated carbocycles. The lowest BCUT2D eigenvalue weighted by Crippen LogP contribution is -2.39. The Kier molecular flexibility index (Phi) is 6.44. The zero-order valence-corrected chi connectivity index (χ0v) is 16.3. The lowest BCUT2D eigenvalue weighted by molar-refractivity contribution is -0.142. The first-order valence-corrected chi connectivity index (χ1v) is 9.77. The lowest BCUT2D eigenvalue weighted by atomic mass is 10.2. The summed E-state index contributed by atoms with van der Waals surface area (Å²) in [6.45, 7) is 2.30. The molecule has 3 rings (SSSR count). The van der Waals surface area contributed by atoms with E-state index < -0.39 is 5.97 Å². The average molecular weight is 399 g/mol. The summed E-state index contributed by atoms with van der Waals surface area (Å²) in [5, 5.41) is 7.87. The van der Waals surface area contributed by atoms with Gasteiger partial charge in [0.1, 0.15) is 6.54 Å². The minimum absolute atomic E-state index is 0.0493. The number of carbonyl (C=O) groups is 3. The van der Waals surface area contributed by atoms with Crippen LogP contribution < -0.4 is 15.5 Å². The van der Waals surface area contributed by atoms with E-state index >= 15 is 0 Å². The predicted molar refractivity (Wildman–Crippen MR) is 108 cm³/mol. The molecule has 1 aliphatic heterocycles. The molecule has 2 heterocycles. The van der Waals surface area contributed by atoms with Gasteiger partial charge < -0.3 is 15.4 Å². The number of fused-ring (bicyclic) bond motifs is 1. The fraction of sp³-hybridized carbons (Fsp3) is 0.250. The third-order valence-electron chi connectivity index (χ3n) is 4.04. The molecule has 2 N–H and O–H groups in total. The lowest BCUT2D eigenvalue weighted by Gasteiger charge is -2.21. The standard InChI is InChI=1S/C20H21N3O4S/c1-2-27-20(26)11-14-10-19(25)23(17-8-4-3-7-16(17)22-14)13-18(24)21-12-15-6-5-9-28-15/h3-10,22H,2,11-13H2,1H3,(H,21,24). The van der Waals surface area contributed by atoms with Gasteiger partial charge in [0.2, 0.25) is 5.91 Å². The number of anilines is 2. The summed E-state index contributed by atoms with van der Waals surface area (Å²) in [5.74, 6) is -1.06. The van der Waals surface area contributed by atoms with Gasteiger partial charge >= 0.3 is 5.97 Å². The maximum absolute atomic E-state index is 12.8. The highest BCUT2D eigenvalue weighted by Gasteiger charge is 2.25. The van der Waals surface area contributed by atoms with E-state index in [9.17, 15) is 14.4 Å². The fourth-order valence-electron chi connectivity index (χ4n) is 2.79. The quantitative estimate of drug-likeness (QED) is 0.699. The molecule has 1 aliphatic rings. The van der Waals surface area contributed by atoms with E-state index in [1.165, 1.54) is 11.0 Å². The topological polar surface area (TPSA) is 87.7 Å². The second kappa shape index (κ2) is 9.18. The largest absolute Gasteiger partial charge is 0.466 e. The van der Waals surface area contributed by atoms with Crippen LogP contribution in [-0.2, 0) is 25.7 Å². The van der Waals surface area contributed by atoms with Crippen LogP contribution in [0.4, 0.5) is 11.4 Å². The molecule has 0 radical (unpaired) electrons. The van der Waals surface area contributed by atoms with Crippen LogP contribution in [0, 0.1) is 0 Å². The number of hydrogen-bond acceptors (Lipinski definition) is 6. The molecule has 0 unspecified atom stereocenters. The third kappa shape index (κ3) is 4.98. The molecular formula is C20H21N3O4S. The molecule has 0 aliphatic carbocycles. The van der Waals surface area contributed by atoms with Gasteiger partial charge in [0.15, 0.2) is 0 Å². The zero-order chi connectivity index (χ0) is 19.9. The zero-order valence-electron chi connectivity index (χ0n) is 15.4. The van der Waals surface area contributed by atoms with Gasteiger partial charge in [-0.25, -0.2) is 0 Å². The minimum atomic E-state index is -0.423. The van der Waals surface area contributed by atoms with Crippen LogP contribution in [0.1, 0.15) is 18.2 Å². The van der Waals surface area contributed by atoms with Crippen LogP contribution in [-0.4, -0.2) is 30.9 Å². The third-order valence-corrected chi connectivity index (χ3v) is 4.91. The van der Waals surface area contributed by atoms with Crippen molar-refractivity contribution in [2.45, 2.75) is 19.9 Å². The van der Waals surface area contributed by atoms with Crippen molar-refractivity contribution in [2.24, 2.45) is 0 Å². The van der Waals surface area contributed by atoms with Gasteiger partial charge in [-0.05, 0) is 30.5 Å². The van der Waals surface area contributed by atoms with Gasteiger partial charge in [-0.2, -0.15) is 0 Å². The highest BCUT2D eigenvalue weighted by molar-refractivity contribution is 7.09. The van der Waals surface area contributed by atoms with Crippen molar-refractivity contribution in [1.29, 1.82) is 0 Å². The van der Waals surface area contributed by atoms with E-state index in [2.05, 4.69) is 10.6 Å². The first-order valence-electron chi connectivity index (χ1n) is 8.89. The number of carbonyl (C=O) groups excluding carboxylic acids is 3. The van der Waals surface area contributed by atoms with Gasteiger partial charge in [-0.1, -0.05) is 18.2 Å². The minimum Gasteiger partial charge on any atom is -0.466 e. The van der Waals surface area contributed by atoms with Crippen molar-refractivity contribution < 1.29 is 19.1 Å². The molecule has 0 fully saturated rings. The van der Waals surface area contributed by atoms with E-state index in [0.717, 1.165) is 4.88 Å². The highest BCUT2D eigenvalue weighted by atomic mass is 32.1. The molecule has 0 bridgehead atoms. The molecule has 0 saturated heterocycles. The number of thiophene rings is 1. The number of esters is 1. The fourth-order valence-corrected chi connectivity index (χ4v) is 3.44. The average Bonchev–Trinajstić information content (AvgIpc) is 3.14.